The summed E-state index contributed by atoms with van der Waals surface area (Å²) >= 11 is 0. The number of carbonyl (C=O) groups is 1. The highest BCUT2D eigenvalue weighted by Gasteiger charge is 2.27. The minimum absolute atomic E-state index is 0.129. The molecule has 0 saturated heterocycles. The Morgan fingerprint density at radius 2 is 1.76 bits per heavy atom. The summed E-state index contributed by atoms with van der Waals surface area (Å²) in [5, 5.41) is 11.2. The molecule has 0 aliphatic rings. The molecule has 0 spiro atoms. The summed E-state index contributed by atoms with van der Waals surface area (Å²) in [6.07, 6.45) is 0. The van der Waals surface area contributed by atoms with E-state index in [0.717, 1.165) is 0 Å². The van der Waals surface area contributed by atoms with Crippen molar-refractivity contribution in [2.75, 3.05) is 4.72 Å². The van der Waals surface area contributed by atoms with Gasteiger partial charge >= 0.3 is 0 Å². The molecule has 0 aliphatic carbocycles. The van der Waals surface area contributed by atoms with Gasteiger partial charge in [0.1, 0.15) is 0 Å². The summed E-state index contributed by atoms with van der Waals surface area (Å²) in [7, 11) is -4.24. The Balaban J connectivity index is 2.59. The molecule has 0 unspecified atom stereocenters. The van der Waals surface area contributed by atoms with E-state index in [0.29, 0.717) is 16.7 Å². The molecule has 2 aromatic carbocycles. The van der Waals surface area contributed by atoms with Crippen LogP contribution >= 0.6 is 0 Å². The van der Waals surface area contributed by atoms with Gasteiger partial charge in [-0.15, -0.1) is 0 Å². The van der Waals surface area contributed by atoms with Gasteiger partial charge in [0.15, 0.2) is 4.90 Å². The second kappa shape index (κ2) is 6.52. The number of hydrogen-bond donors (Lipinski definition) is 2. The Kier molecular flexibility index (Phi) is 4.80. The molecule has 3 N–H and O–H groups in total. The predicted octanol–water partition coefficient (Wildman–Crippen LogP) is 2.42. The largest absolute Gasteiger partial charge is 0.366 e. The van der Waals surface area contributed by atoms with E-state index in [1.165, 1.54) is 37.3 Å². The van der Waals surface area contributed by atoms with Crippen LogP contribution in [-0.4, -0.2) is 19.2 Å². The first-order valence-corrected chi connectivity index (χ1v) is 8.71. The third-order valence-electron chi connectivity index (χ3n) is 3.91. The number of aryl methyl sites for hydroxylation is 2. The second-order valence-corrected chi connectivity index (χ2v) is 7.26. The molecule has 9 heteroatoms. The number of primary amides is 1. The van der Waals surface area contributed by atoms with Crippen molar-refractivity contribution in [3.63, 3.8) is 0 Å². The molecule has 25 heavy (non-hydrogen) atoms. The van der Waals surface area contributed by atoms with E-state index in [-0.39, 0.29) is 11.3 Å². The first-order chi connectivity index (χ1) is 11.5. The number of anilines is 1. The van der Waals surface area contributed by atoms with Crippen molar-refractivity contribution in [3.05, 3.63) is 62.7 Å². The highest BCUT2D eigenvalue weighted by Crippen LogP contribution is 2.30. The molecule has 8 nitrogen and oxygen atoms in total. The Morgan fingerprint density at radius 3 is 2.32 bits per heavy atom. The number of rotatable bonds is 5. The third-order valence-corrected chi connectivity index (χ3v) is 5.30. The van der Waals surface area contributed by atoms with Crippen LogP contribution in [0.4, 0.5) is 11.4 Å². The molecule has 0 aromatic heterocycles. The maximum atomic E-state index is 12.7. The zero-order valence-electron chi connectivity index (χ0n) is 13.9. The van der Waals surface area contributed by atoms with Crippen LogP contribution in [0.5, 0.6) is 0 Å². The van der Waals surface area contributed by atoms with Crippen LogP contribution in [0.15, 0.2) is 35.2 Å². The van der Waals surface area contributed by atoms with Crippen LogP contribution in [0.2, 0.25) is 0 Å². The molecule has 0 heterocycles. The average molecular weight is 363 g/mol. The van der Waals surface area contributed by atoms with Crippen LogP contribution in [-0.2, 0) is 10.0 Å². The number of nitro groups is 1. The molecule has 2 aromatic rings. The van der Waals surface area contributed by atoms with Crippen molar-refractivity contribution in [1.82, 2.24) is 0 Å². The van der Waals surface area contributed by atoms with Gasteiger partial charge in [0.25, 0.3) is 15.7 Å². The van der Waals surface area contributed by atoms with E-state index in [2.05, 4.69) is 4.72 Å². The Hall–Kier alpha value is -2.94. The van der Waals surface area contributed by atoms with Crippen molar-refractivity contribution in [1.29, 1.82) is 0 Å². The average Bonchev–Trinajstić information content (AvgIpc) is 2.50. The van der Waals surface area contributed by atoms with E-state index in [9.17, 15) is 23.3 Å². The van der Waals surface area contributed by atoms with Crippen LogP contribution in [0, 0.1) is 30.9 Å². The fraction of sp³-hybridized carbons (Fsp3) is 0.188. The molecule has 0 saturated carbocycles. The van der Waals surface area contributed by atoms with E-state index in [1.807, 2.05) is 0 Å². The minimum Gasteiger partial charge on any atom is -0.366 e. The number of sulfonamides is 1. The van der Waals surface area contributed by atoms with E-state index in [4.69, 9.17) is 5.73 Å². The summed E-state index contributed by atoms with van der Waals surface area (Å²) in [4.78, 5) is 21.5. The van der Waals surface area contributed by atoms with Crippen LogP contribution in [0.1, 0.15) is 27.0 Å². The van der Waals surface area contributed by atoms with Gasteiger partial charge < -0.3 is 5.73 Å². The molecule has 0 fully saturated rings. The van der Waals surface area contributed by atoms with Crippen LogP contribution in [0.25, 0.3) is 0 Å². The van der Waals surface area contributed by atoms with Gasteiger partial charge in [0.2, 0.25) is 5.91 Å². The lowest BCUT2D eigenvalue weighted by atomic mass is 10.1. The highest BCUT2D eigenvalue weighted by molar-refractivity contribution is 7.92. The summed E-state index contributed by atoms with van der Waals surface area (Å²) in [6, 6.07) is 6.86. The summed E-state index contributed by atoms with van der Waals surface area (Å²) < 4.78 is 27.7. The summed E-state index contributed by atoms with van der Waals surface area (Å²) in [5.74, 6) is -0.698. The quantitative estimate of drug-likeness (QED) is 0.622. The number of nitro benzene ring substituents is 1. The molecule has 0 atom stereocenters. The van der Waals surface area contributed by atoms with Crippen LogP contribution in [0.3, 0.4) is 0 Å². The lowest BCUT2D eigenvalue weighted by Gasteiger charge is -2.13. The molecule has 0 bridgehead atoms. The fourth-order valence-electron chi connectivity index (χ4n) is 2.35. The number of nitrogens with one attached hydrogen (secondary N) is 1. The molecule has 1 amide bonds. The number of carbonyl (C=O) groups excluding carboxylic acids is 1. The number of nitrogens with zero attached hydrogens (tertiary/aromatic N) is 1. The third kappa shape index (κ3) is 3.61. The van der Waals surface area contributed by atoms with Crippen molar-refractivity contribution in [2.24, 2.45) is 5.73 Å². The molecule has 132 valence electrons. The lowest BCUT2D eigenvalue weighted by molar-refractivity contribution is -0.387. The van der Waals surface area contributed by atoms with Crippen molar-refractivity contribution in [3.8, 4) is 0 Å². The van der Waals surface area contributed by atoms with Crippen LogP contribution < -0.4 is 10.5 Å². The Morgan fingerprint density at radius 1 is 1.16 bits per heavy atom. The smallest absolute Gasteiger partial charge is 0.290 e. The van der Waals surface area contributed by atoms with Gasteiger partial charge in [-0.3, -0.25) is 19.6 Å². The molecular weight excluding hydrogens is 346 g/mol. The second-order valence-electron chi connectivity index (χ2n) is 5.61. The summed E-state index contributed by atoms with van der Waals surface area (Å²) in [6.45, 7) is 4.86. The molecule has 0 aliphatic heterocycles. The highest BCUT2D eigenvalue weighted by atomic mass is 32.2. The molecular formula is C16H17N3O5S. The van der Waals surface area contributed by atoms with Gasteiger partial charge in [-0.1, -0.05) is 6.07 Å². The lowest BCUT2D eigenvalue weighted by Crippen LogP contribution is -2.18. The number of nitrogens with two attached hydrogens (primary N) is 1. The number of hydrogen-bond acceptors (Lipinski definition) is 5. The Labute approximate surface area is 144 Å². The van der Waals surface area contributed by atoms with Gasteiger partial charge in [0.05, 0.1) is 10.6 Å². The van der Waals surface area contributed by atoms with Gasteiger partial charge in [-0.25, -0.2) is 8.42 Å². The maximum Gasteiger partial charge on any atom is 0.290 e. The maximum absolute atomic E-state index is 12.7. The fourth-order valence-corrected chi connectivity index (χ4v) is 3.71. The van der Waals surface area contributed by atoms with E-state index >= 15 is 0 Å². The standard InChI is InChI=1S/C16H17N3O5S/c1-9-7-14(19(21)22)15(8-10(9)2)25(23,24)18-13-6-4-5-12(11(13)3)16(17)20/h4-8,18H,1-3H3,(H2,17,20). The zero-order chi connectivity index (χ0) is 18.9. The topological polar surface area (TPSA) is 132 Å². The molecule has 0 radical (unpaired) electrons. The van der Waals surface area contributed by atoms with Crippen molar-refractivity contribution < 1.29 is 18.1 Å². The number of amides is 1. The minimum atomic E-state index is -4.24. The van der Waals surface area contributed by atoms with Crippen molar-refractivity contribution >= 4 is 27.3 Å². The Bertz CT molecular complexity index is 984. The first kappa shape index (κ1) is 18.4. The SMILES string of the molecule is Cc1cc([N+](=O)[O-])c(S(=O)(=O)Nc2cccc(C(N)=O)c2C)cc1C. The summed E-state index contributed by atoms with van der Waals surface area (Å²) in [5.41, 5.74) is 6.58. The van der Waals surface area contributed by atoms with E-state index in [1.54, 1.807) is 13.8 Å². The van der Waals surface area contributed by atoms with Gasteiger partial charge in [0, 0.05) is 11.6 Å². The first-order valence-electron chi connectivity index (χ1n) is 7.22. The van der Waals surface area contributed by atoms with E-state index < -0.39 is 31.4 Å². The number of benzene rings is 2. The molecule has 2 rings (SSSR count). The van der Waals surface area contributed by atoms with Gasteiger partial charge in [-0.2, -0.15) is 0 Å². The normalized spacial score (nSPS) is 11.2. The predicted molar refractivity (Wildman–Crippen MR) is 93.1 cm³/mol. The zero-order valence-corrected chi connectivity index (χ0v) is 14.7. The monoisotopic (exact) mass is 363 g/mol. The van der Waals surface area contributed by atoms with Gasteiger partial charge in [-0.05, 0) is 55.7 Å². The van der Waals surface area contributed by atoms with Crippen molar-refractivity contribution in [2.45, 2.75) is 25.7 Å².